The lowest BCUT2D eigenvalue weighted by Gasteiger charge is -2.21. The largest absolute Gasteiger partial charge is 0.396 e. The molecule has 22 heavy (non-hydrogen) atoms. The summed E-state index contributed by atoms with van der Waals surface area (Å²) in [4.78, 5) is 2.78. The summed E-state index contributed by atoms with van der Waals surface area (Å²) in [5.74, 6) is 2.02. The van der Waals surface area contributed by atoms with Crippen LogP contribution in [0, 0.1) is 17.8 Å². The molecule has 1 unspecified atom stereocenters. The van der Waals surface area contributed by atoms with Crippen LogP contribution in [0.25, 0.3) is 0 Å². The van der Waals surface area contributed by atoms with Gasteiger partial charge < -0.3 is 5.11 Å². The van der Waals surface area contributed by atoms with E-state index in [1.165, 1.54) is 35.5 Å². The van der Waals surface area contributed by atoms with Gasteiger partial charge in [-0.05, 0) is 30.4 Å². The lowest BCUT2D eigenvalue weighted by Crippen LogP contribution is -2.17. The van der Waals surface area contributed by atoms with Gasteiger partial charge in [0.1, 0.15) is 0 Å². The van der Waals surface area contributed by atoms with Crippen molar-refractivity contribution in [2.24, 2.45) is 17.8 Å². The summed E-state index contributed by atoms with van der Waals surface area (Å²) < 4.78 is 0.491. The zero-order valence-electron chi connectivity index (χ0n) is 14.1. The Balaban J connectivity index is 1.74. The molecular formula is C19H30OS2. The summed E-state index contributed by atoms with van der Waals surface area (Å²) in [5.41, 5.74) is 0. The van der Waals surface area contributed by atoms with Crippen molar-refractivity contribution >= 4 is 23.5 Å². The lowest BCUT2D eigenvalue weighted by molar-refractivity contribution is 0.220. The standard InChI is InChI=1S/C19H30OS2/c1-14(2)7-6-8-15(3)11-12-16(13-20)19-21-17-9-4-5-10-18(17)22-19/h4-5,9-10,14-16,19-20H,6-8,11-13H2,1-3H3/t15-,16?/m0/s1. The molecule has 2 rings (SSSR count). The fourth-order valence-corrected chi connectivity index (χ4v) is 6.06. The molecule has 0 spiro atoms. The first kappa shape index (κ1) is 18.2. The summed E-state index contributed by atoms with van der Waals surface area (Å²) in [6.07, 6.45) is 6.43. The van der Waals surface area contributed by atoms with Crippen LogP contribution in [-0.2, 0) is 0 Å². The van der Waals surface area contributed by atoms with Gasteiger partial charge in [0.25, 0.3) is 0 Å². The van der Waals surface area contributed by atoms with E-state index in [0.717, 1.165) is 18.3 Å². The molecule has 1 aromatic rings. The Bertz CT molecular complexity index is 422. The van der Waals surface area contributed by atoms with Crippen LogP contribution >= 0.6 is 23.5 Å². The number of hydrogen-bond acceptors (Lipinski definition) is 3. The molecule has 0 radical (unpaired) electrons. The van der Waals surface area contributed by atoms with E-state index in [0.29, 0.717) is 17.1 Å². The van der Waals surface area contributed by atoms with Crippen LogP contribution in [0.3, 0.4) is 0 Å². The summed E-state index contributed by atoms with van der Waals surface area (Å²) >= 11 is 3.89. The monoisotopic (exact) mass is 338 g/mol. The van der Waals surface area contributed by atoms with Crippen LogP contribution in [0.2, 0.25) is 0 Å². The fourth-order valence-electron chi connectivity index (χ4n) is 2.94. The molecule has 0 aliphatic carbocycles. The van der Waals surface area contributed by atoms with E-state index >= 15 is 0 Å². The SMILES string of the molecule is CC(C)CCC[C@H](C)CCC(CO)C1Sc2ccccc2S1. The van der Waals surface area contributed by atoms with E-state index in [1.807, 2.05) is 23.5 Å². The van der Waals surface area contributed by atoms with Gasteiger partial charge in [0.2, 0.25) is 0 Å². The van der Waals surface area contributed by atoms with Crippen molar-refractivity contribution in [1.29, 1.82) is 0 Å². The number of rotatable bonds is 9. The van der Waals surface area contributed by atoms with Crippen molar-refractivity contribution in [2.45, 2.75) is 67.2 Å². The van der Waals surface area contributed by atoms with E-state index in [2.05, 4.69) is 45.0 Å². The predicted molar refractivity (Wildman–Crippen MR) is 99.6 cm³/mol. The fraction of sp³-hybridized carbons (Fsp3) is 0.684. The Morgan fingerprint density at radius 1 is 0.955 bits per heavy atom. The van der Waals surface area contributed by atoms with Crippen molar-refractivity contribution in [1.82, 2.24) is 0 Å². The summed E-state index contributed by atoms with van der Waals surface area (Å²) in [6.45, 7) is 7.30. The van der Waals surface area contributed by atoms with Crippen LogP contribution in [0.4, 0.5) is 0 Å². The van der Waals surface area contributed by atoms with Crippen LogP contribution < -0.4 is 0 Å². The van der Waals surface area contributed by atoms with Crippen molar-refractivity contribution in [3.63, 3.8) is 0 Å². The molecule has 3 heteroatoms. The minimum atomic E-state index is 0.317. The number of aliphatic hydroxyl groups excluding tert-OH is 1. The molecule has 2 atom stereocenters. The third-order valence-corrected chi connectivity index (χ3v) is 7.62. The molecule has 1 aromatic carbocycles. The van der Waals surface area contributed by atoms with Gasteiger partial charge in [-0.1, -0.05) is 58.6 Å². The van der Waals surface area contributed by atoms with Crippen LogP contribution in [0.1, 0.15) is 52.9 Å². The molecule has 1 nitrogen and oxygen atoms in total. The van der Waals surface area contributed by atoms with Crippen molar-refractivity contribution in [2.75, 3.05) is 6.61 Å². The molecular weight excluding hydrogens is 308 g/mol. The number of fused-ring (bicyclic) bond motifs is 1. The van der Waals surface area contributed by atoms with Crippen molar-refractivity contribution in [3.8, 4) is 0 Å². The molecule has 0 amide bonds. The van der Waals surface area contributed by atoms with Crippen molar-refractivity contribution in [3.05, 3.63) is 24.3 Å². The summed E-state index contributed by atoms with van der Waals surface area (Å²) in [5, 5.41) is 9.80. The van der Waals surface area contributed by atoms with Gasteiger partial charge in [-0.25, -0.2) is 0 Å². The maximum atomic E-state index is 9.80. The third kappa shape index (κ3) is 5.50. The number of aliphatic hydroxyl groups is 1. The van der Waals surface area contributed by atoms with Crippen molar-refractivity contribution < 1.29 is 5.11 Å². The normalized spacial score (nSPS) is 17.7. The Hall–Kier alpha value is -0.120. The zero-order chi connectivity index (χ0) is 15.9. The van der Waals surface area contributed by atoms with Gasteiger partial charge >= 0.3 is 0 Å². The first-order chi connectivity index (χ1) is 10.6. The highest BCUT2D eigenvalue weighted by atomic mass is 32.2. The molecule has 0 bridgehead atoms. The van der Waals surface area contributed by atoms with Gasteiger partial charge in [-0.2, -0.15) is 0 Å². The minimum Gasteiger partial charge on any atom is -0.396 e. The number of benzene rings is 1. The van der Waals surface area contributed by atoms with E-state index in [4.69, 9.17) is 0 Å². The lowest BCUT2D eigenvalue weighted by atomic mass is 9.93. The molecule has 0 aromatic heterocycles. The highest BCUT2D eigenvalue weighted by Gasteiger charge is 2.29. The predicted octanol–water partition coefficient (Wildman–Crippen LogP) is 6.06. The molecule has 1 aliphatic rings. The average molecular weight is 339 g/mol. The van der Waals surface area contributed by atoms with Gasteiger partial charge in [-0.15, -0.1) is 23.5 Å². The molecule has 1 N–H and O–H groups in total. The number of hydrogen-bond donors (Lipinski definition) is 1. The molecule has 0 saturated carbocycles. The average Bonchev–Trinajstić information content (AvgIpc) is 2.91. The maximum Gasteiger partial charge on any atom is 0.0647 e. The Labute approximate surface area is 144 Å². The quantitative estimate of drug-likeness (QED) is 0.591. The second kappa shape index (κ2) is 9.24. The van der Waals surface area contributed by atoms with E-state index in [9.17, 15) is 5.11 Å². The van der Waals surface area contributed by atoms with Crippen LogP contribution in [0.15, 0.2) is 34.1 Å². The summed E-state index contributed by atoms with van der Waals surface area (Å²) in [7, 11) is 0. The van der Waals surface area contributed by atoms with E-state index in [-0.39, 0.29) is 0 Å². The first-order valence-electron chi connectivity index (χ1n) is 8.63. The van der Waals surface area contributed by atoms with E-state index in [1.54, 1.807) is 0 Å². The highest BCUT2D eigenvalue weighted by molar-refractivity contribution is 8.19. The molecule has 0 saturated heterocycles. The van der Waals surface area contributed by atoms with Crippen LogP contribution in [-0.4, -0.2) is 16.3 Å². The third-order valence-electron chi connectivity index (χ3n) is 4.46. The maximum absolute atomic E-state index is 9.80. The minimum absolute atomic E-state index is 0.317. The van der Waals surface area contributed by atoms with Gasteiger partial charge in [0.05, 0.1) is 4.58 Å². The molecule has 124 valence electrons. The number of thioether (sulfide) groups is 2. The first-order valence-corrected chi connectivity index (χ1v) is 10.4. The van der Waals surface area contributed by atoms with Gasteiger partial charge in [0, 0.05) is 22.3 Å². The Morgan fingerprint density at radius 2 is 1.59 bits per heavy atom. The Morgan fingerprint density at radius 3 is 2.14 bits per heavy atom. The second-order valence-corrected chi connectivity index (χ2v) is 9.67. The van der Waals surface area contributed by atoms with Gasteiger partial charge in [0.15, 0.2) is 0 Å². The molecule has 1 aliphatic heterocycles. The van der Waals surface area contributed by atoms with Crippen LogP contribution in [0.5, 0.6) is 0 Å². The van der Waals surface area contributed by atoms with Gasteiger partial charge in [-0.3, -0.25) is 0 Å². The molecule has 1 heterocycles. The Kier molecular flexibility index (Phi) is 7.66. The topological polar surface area (TPSA) is 20.2 Å². The smallest absolute Gasteiger partial charge is 0.0647 e. The second-order valence-electron chi connectivity index (χ2n) is 7.00. The summed E-state index contributed by atoms with van der Waals surface area (Å²) in [6, 6.07) is 8.63. The zero-order valence-corrected chi connectivity index (χ0v) is 15.8. The van der Waals surface area contributed by atoms with E-state index < -0.39 is 0 Å². The molecule has 0 fully saturated rings. The highest BCUT2D eigenvalue weighted by Crippen LogP contribution is 2.51.